The van der Waals surface area contributed by atoms with E-state index in [1.807, 2.05) is 12.2 Å². The monoisotopic (exact) mass is 269 g/mol. The minimum Gasteiger partial charge on any atom is -0.326 e. The summed E-state index contributed by atoms with van der Waals surface area (Å²) in [6, 6.07) is 4.70. The first-order chi connectivity index (χ1) is 8.97. The fourth-order valence-electron chi connectivity index (χ4n) is 2.05. The first kappa shape index (κ1) is 13.6. The smallest absolute Gasteiger partial charge is 0.326 e. The summed E-state index contributed by atoms with van der Waals surface area (Å²) >= 11 is 0. The number of alkyl halides is 3. The molecule has 19 heavy (non-hydrogen) atoms. The Morgan fingerprint density at radius 3 is 2.68 bits per heavy atom. The zero-order chi connectivity index (χ0) is 13.9. The van der Waals surface area contributed by atoms with E-state index in [9.17, 15) is 18.0 Å². The molecule has 5 heteroatoms. The minimum absolute atomic E-state index is 0.153. The van der Waals surface area contributed by atoms with Gasteiger partial charge in [0.2, 0.25) is 5.91 Å². The molecule has 0 heterocycles. The Kier molecular flexibility index (Phi) is 3.93. The van der Waals surface area contributed by atoms with Crippen molar-refractivity contribution in [2.45, 2.75) is 25.4 Å². The fraction of sp³-hybridized carbons (Fsp3) is 0.357. The van der Waals surface area contributed by atoms with Crippen LogP contribution in [0.2, 0.25) is 0 Å². The lowest BCUT2D eigenvalue weighted by Crippen LogP contribution is -2.23. The summed E-state index contributed by atoms with van der Waals surface area (Å²) in [4.78, 5) is 11.9. The average Bonchev–Trinajstić information content (AvgIpc) is 2.39. The van der Waals surface area contributed by atoms with Gasteiger partial charge in [-0.25, -0.2) is 0 Å². The van der Waals surface area contributed by atoms with Gasteiger partial charge in [-0.15, -0.1) is 0 Å². The third-order valence-corrected chi connectivity index (χ3v) is 3.10. The minimum atomic E-state index is -4.39. The van der Waals surface area contributed by atoms with Crippen molar-refractivity contribution >= 4 is 11.6 Å². The molecule has 0 aromatic heterocycles. The van der Waals surface area contributed by atoms with Crippen molar-refractivity contribution in [1.82, 2.24) is 0 Å². The van der Waals surface area contributed by atoms with Gasteiger partial charge >= 0.3 is 6.18 Å². The lowest BCUT2D eigenvalue weighted by atomic mass is 9.93. The predicted molar refractivity (Wildman–Crippen MR) is 66.6 cm³/mol. The van der Waals surface area contributed by atoms with Crippen LogP contribution >= 0.6 is 0 Å². The molecule has 0 spiro atoms. The van der Waals surface area contributed by atoms with E-state index >= 15 is 0 Å². The second-order valence-electron chi connectivity index (χ2n) is 4.55. The molecule has 1 aromatic rings. The zero-order valence-electron chi connectivity index (χ0n) is 10.2. The molecule has 2 nitrogen and oxygen atoms in total. The molecule has 1 amide bonds. The average molecular weight is 269 g/mol. The summed E-state index contributed by atoms with van der Waals surface area (Å²) in [6.45, 7) is 0. The molecule has 0 radical (unpaired) electrons. The van der Waals surface area contributed by atoms with Crippen LogP contribution in [0.15, 0.2) is 36.4 Å². The Morgan fingerprint density at radius 1 is 1.26 bits per heavy atom. The van der Waals surface area contributed by atoms with Crippen LogP contribution in [0.25, 0.3) is 0 Å². The summed E-state index contributed by atoms with van der Waals surface area (Å²) in [6.07, 6.45) is 1.76. The number of hydrogen-bond acceptors (Lipinski definition) is 1. The van der Waals surface area contributed by atoms with Crippen molar-refractivity contribution in [3.05, 3.63) is 42.0 Å². The Labute approximate surface area is 109 Å². The highest BCUT2D eigenvalue weighted by molar-refractivity contribution is 5.92. The lowest BCUT2D eigenvalue weighted by Gasteiger charge is -2.17. The van der Waals surface area contributed by atoms with Crippen molar-refractivity contribution < 1.29 is 18.0 Å². The lowest BCUT2D eigenvalue weighted by molar-refractivity contribution is -0.137. The van der Waals surface area contributed by atoms with E-state index in [1.54, 1.807) is 0 Å². The van der Waals surface area contributed by atoms with E-state index in [0.717, 1.165) is 25.0 Å². The van der Waals surface area contributed by atoms with Crippen LogP contribution in [-0.4, -0.2) is 5.91 Å². The number of benzene rings is 1. The third kappa shape index (κ3) is 3.59. The molecule has 0 unspecified atom stereocenters. The van der Waals surface area contributed by atoms with Crippen molar-refractivity contribution in [3.8, 4) is 0 Å². The maximum atomic E-state index is 12.5. The Balaban J connectivity index is 2.06. The molecule has 0 bridgehead atoms. The number of allylic oxidation sites excluding steroid dienone is 2. The SMILES string of the molecule is O=C(Nc1cccc(C(F)(F)F)c1)[C@H]1CC=CCC1. The molecule has 1 aliphatic carbocycles. The van der Waals surface area contributed by atoms with Gasteiger partial charge in [-0.05, 0) is 37.5 Å². The highest BCUT2D eigenvalue weighted by Crippen LogP contribution is 2.31. The van der Waals surface area contributed by atoms with E-state index in [-0.39, 0.29) is 17.5 Å². The number of amides is 1. The van der Waals surface area contributed by atoms with Crippen LogP contribution < -0.4 is 5.32 Å². The molecule has 0 fully saturated rings. The van der Waals surface area contributed by atoms with Gasteiger partial charge in [-0.3, -0.25) is 4.79 Å². The number of carbonyl (C=O) groups is 1. The predicted octanol–water partition coefficient (Wildman–Crippen LogP) is 4.00. The van der Waals surface area contributed by atoms with Crippen LogP contribution in [0.4, 0.5) is 18.9 Å². The summed E-state index contributed by atoms with van der Waals surface area (Å²) in [5, 5.41) is 2.55. The van der Waals surface area contributed by atoms with Gasteiger partial charge < -0.3 is 5.32 Å². The Hall–Kier alpha value is -1.78. The second-order valence-corrected chi connectivity index (χ2v) is 4.55. The van der Waals surface area contributed by atoms with E-state index in [1.165, 1.54) is 12.1 Å². The maximum absolute atomic E-state index is 12.5. The van der Waals surface area contributed by atoms with Gasteiger partial charge in [0.1, 0.15) is 0 Å². The fourth-order valence-corrected chi connectivity index (χ4v) is 2.05. The molecule has 1 N–H and O–H groups in total. The summed E-state index contributed by atoms with van der Waals surface area (Å²) in [7, 11) is 0. The van der Waals surface area contributed by atoms with Crippen LogP contribution in [0.5, 0.6) is 0 Å². The number of carbonyl (C=O) groups excluding carboxylic acids is 1. The number of nitrogens with one attached hydrogen (secondary N) is 1. The molecule has 0 saturated carbocycles. The van der Waals surface area contributed by atoms with E-state index in [4.69, 9.17) is 0 Å². The van der Waals surface area contributed by atoms with Gasteiger partial charge in [0.25, 0.3) is 0 Å². The number of hydrogen-bond donors (Lipinski definition) is 1. The Morgan fingerprint density at radius 2 is 2.05 bits per heavy atom. The topological polar surface area (TPSA) is 29.1 Å². The molecular formula is C14H14F3NO. The van der Waals surface area contributed by atoms with Gasteiger partial charge in [-0.2, -0.15) is 13.2 Å². The number of anilines is 1. The molecule has 102 valence electrons. The van der Waals surface area contributed by atoms with Gasteiger partial charge in [0.05, 0.1) is 5.56 Å². The number of halogens is 3. The normalized spacial score (nSPS) is 19.2. The molecule has 1 aromatic carbocycles. The molecule has 0 aliphatic heterocycles. The van der Waals surface area contributed by atoms with Crippen LogP contribution in [0.1, 0.15) is 24.8 Å². The standard InChI is InChI=1S/C14H14F3NO/c15-14(16,17)11-7-4-8-12(9-11)18-13(19)10-5-2-1-3-6-10/h1-2,4,7-10H,3,5-6H2,(H,18,19)/t10-/m0/s1. The molecule has 0 saturated heterocycles. The summed E-state index contributed by atoms with van der Waals surface area (Å²) < 4.78 is 37.6. The highest BCUT2D eigenvalue weighted by atomic mass is 19.4. The third-order valence-electron chi connectivity index (χ3n) is 3.10. The van der Waals surface area contributed by atoms with Crippen molar-refractivity contribution in [3.63, 3.8) is 0 Å². The zero-order valence-corrected chi connectivity index (χ0v) is 10.2. The molecule has 1 atom stereocenters. The van der Waals surface area contributed by atoms with Crippen molar-refractivity contribution in [1.29, 1.82) is 0 Å². The van der Waals surface area contributed by atoms with Crippen molar-refractivity contribution in [2.24, 2.45) is 5.92 Å². The largest absolute Gasteiger partial charge is 0.416 e. The van der Waals surface area contributed by atoms with Crippen LogP contribution in [-0.2, 0) is 11.0 Å². The van der Waals surface area contributed by atoms with E-state index < -0.39 is 11.7 Å². The maximum Gasteiger partial charge on any atom is 0.416 e. The first-order valence-electron chi connectivity index (χ1n) is 6.10. The van der Waals surface area contributed by atoms with Crippen molar-refractivity contribution in [2.75, 3.05) is 5.32 Å². The van der Waals surface area contributed by atoms with Crippen LogP contribution in [0.3, 0.4) is 0 Å². The highest BCUT2D eigenvalue weighted by Gasteiger charge is 2.30. The molecule has 2 rings (SSSR count). The molecular weight excluding hydrogens is 255 g/mol. The van der Waals surface area contributed by atoms with E-state index in [0.29, 0.717) is 6.42 Å². The van der Waals surface area contributed by atoms with E-state index in [2.05, 4.69) is 5.32 Å². The second kappa shape index (κ2) is 5.47. The first-order valence-corrected chi connectivity index (χ1v) is 6.10. The van der Waals surface area contributed by atoms with Gasteiger partial charge in [-0.1, -0.05) is 18.2 Å². The van der Waals surface area contributed by atoms with Gasteiger partial charge in [0.15, 0.2) is 0 Å². The summed E-state index contributed by atoms with van der Waals surface area (Å²) in [5.74, 6) is -0.372. The molecule has 1 aliphatic rings. The quantitative estimate of drug-likeness (QED) is 0.808. The number of rotatable bonds is 2. The van der Waals surface area contributed by atoms with Gasteiger partial charge in [0, 0.05) is 11.6 Å². The van der Waals surface area contributed by atoms with Crippen LogP contribution in [0, 0.1) is 5.92 Å². The Bertz CT molecular complexity index is 494. The summed E-state index contributed by atoms with van der Waals surface area (Å²) in [5.41, 5.74) is -0.566.